The molecular formula is C52H84O23. The van der Waals surface area contributed by atoms with Crippen molar-refractivity contribution in [2.24, 2.45) is 40.4 Å². The van der Waals surface area contributed by atoms with E-state index in [-0.39, 0.29) is 54.3 Å². The van der Waals surface area contributed by atoms with Crippen LogP contribution < -0.4 is 0 Å². The predicted molar refractivity (Wildman–Crippen MR) is 255 cm³/mol. The fraction of sp³-hybridized carbons (Fsp3) is 0.923. The molecule has 0 amide bonds. The average molecular weight is 1080 g/mol. The summed E-state index contributed by atoms with van der Waals surface area (Å²) in [5.74, 6) is -0.300. The smallest absolute Gasteiger partial charge is 0.187 e. The third kappa shape index (κ3) is 10.4. The second kappa shape index (κ2) is 22.8. The fourth-order valence-corrected chi connectivity index (χ4v) is 15.1. The van der Waals surface area contributed by atoms with Crippen LogP contribution in [0.1, 0.15) is 85.5 Å². The molecule has 23 heteroatoms. The van der Waals surface area contributed by atoms with Gasteiger partial charge in [0.15, 0.2) is 30.9 Å². The molecule has 5 heterocycles. The fourth-order valence-electron chi connectivity index (χ4n) is 15.1. The van der Waals surface area contributed by atoms with Gasteiger partial charge in [0.05, 0.1) is 50.8 Å². The van der Waals surface area contributed by atoms with Crippen LogP contribution >= 0.6 is 0 Å². The first-order valence-electron chi connectivity index (χ1n) is 27.0. The summed E-state index contributed by atoms with van der Waals surface area (Å²) in [5, 5.41) is 139. The Morgan fingerprint density at radius 2 is 1.27 bits per heavy atom. The Morgan fingerprint density at radius 1 is 0.667 bits per heavy atom. The highest BCUT2D eigenvalue weighted by atomic mass is 16.8. The van der Waals surface area contributed by atoms with Crippen molar-refractivity contribution in [2.75, 3.05) is 33.5 Å². The third-order valence-electron chi connectivity index (χ3n) is 19.4. The molecule has 5 aliphatic heterocycles. The van der Waals surface area contributed by atoms with Crippen LogP contribution in [-0.2, 0) is 47.4 Å². The lowest BCUT2D eigenvalue weighted by Gasteiger charge is -2.59. The number of hydrogen-bond donors (Lipinski definition) is 13. The van der Waals surface area contributed by atoms with E-state index in [2.05, 4.69) is 26.5 Å². The van der Waals surface area contributed by atoms with Gasteiger partial charge in [0.1, 0.15) is 85.5 Å². The Balaban J connectivity index is 0.913. The molecule has 23 nitrogen and oxygen atoms in total. The van der Waals surface area contributed by atoms with Gasteiger partial charge in [-0.05, 0) is 94.3 Å². The Bertz CT molecular complexity index is 1980. The standard InChI is InChI=1S/C52H84O23/c1-21(19-67-46-40(62)39(61)36(58)31(17-53)71-46)9-14-52(66-6)22(2)33-30(75-52)16-29-27-8-7-25-15-26(55)10-13-51(25,28(27)11-12-50(29,33)5)20-68-49-45(74-48-42(64)38(60)35(57)24(4)70-48)43(65)44(32(18-54)72-49)73-47-41(63)37(59)34(56)23(3)69-47/h7,22-24,26-49,53-65H,1,8-20H2,2-6H3. The zero-order chi connectivity index (χ0) is 54.2. The molecular weight excluding hydrogens is 993 g/mol. The normalized spacial score (nSPS) is 53.8. The van der Waals surface area contributed by atoms with Crippen LogP contribution in [0.5, 0.6) is 0 Å². The highest BCUT2D eigenvalue weighted by Gasteiger charge is 2.69. The van der Waals surface area contributed by atoms with Gasteiger partial charge in [-0.15, -0.1) is 0 Å². The summed E-state index contributed by atoms with van der Waals surface area (Å²) in [4.78, 5) is 0. The van der Waals surface area contributed by atoms with Crippen molar-refractivity contribution >= 4 is 0 Å². The van der Waals surface area contributed by atoms with E-state index in [0.717, 1.165) is 31.3 Å². The zero-order valence-electron chi connectivity index (χ0n) is 43.5. The van der Waals surface area contributed by atoms with Crippen LogP contribution in [0.3, 0.4) is 0 Å². The minimum Gasteiger partial charge on any atom is -0.394 e. The van der Waals surface area contributed by atoms with E-state index in [1.807, 2.05) is 0 Å². The third-order valence-corrected chi connectivity index (χ3v) is 19.4. The molecule has 9 aliphatic rings. The Kier molecular flexibility index (Phi) is 17.7. The van der Waals surface area contributed by atoms with E-state index in [1.165, 1.54) is 13.8 Å². The molecule has 30 unspecified atom stereocenters. The van der Waals surface area contributed by atoms with E-state index in [1.54, 1.807) is 7.11 Å². The van der Waals surface area contributed by atoms with E-state index >= 15 is 0 Å². The molecule has 0 bridgehead atoms. The van der Waals surface area contributed by atoms with Gasteiger partial charge in [0.2, 0.25) is 0 Å². The minimum atomic E-state index is -1.79. The topological polar surface area (TPSA) is 355 Å². The maximum absolute atomic E-state index is 12.2. The van der Waals surface area contributed by atoms with Crippen molar-refractivity contribution in [2.45, 2.75) is 226 Å². The molecule has 30 atom stereocenters. The molecule has 0 aromatic carbocycles. The monoisotopic (exact) mass is 1080 g/mol. The van der Waals surface area contributed by atoms with Gasteiger partial charge in [-0.3, -0.25) is 0 Å². The van der Waals surface area contributed by atoms with Crippen molar-refractivity contribution in [3.05, 3.63) is 23.8 Å². The highest BCUT2D eigenvalue weighted by molar-refractivity contribution is 5.28. The largest absolute Gasteiger partial charge is 0.394 e. The SMILES string of the molecule is C=C(CCC1(OC)OC2CC3C4CC=C5CC(O)CCC5(COC5OC(CO)C(OC6OC(C)C(O)C(O)C6O)C(O)C5OC5OC(C)C(O)C(O)C5O)C4CCC3(C)C2C1C)COC1OC(CO)C(O)C(O)C1O. The van der Waals surface area contributed by atoms with Crippen LogP contribution in [-0.4, -0.2) is 241 Å². The van der Waals surface area contributed by atoms with Crippen molar-refractivity contribution in [1.82, 2.24) is 0 Å². The maximum Gasteiger partial charge on any atom is 0.187 e. The van der Waals surface area contributed by atoms with Crippen molar-refractivity contribution in [1.29, 1.82) is 0 Å². The number of ether oxygens (including phenoxy) is 10. The number of methoxy groups -OCH3 is 1. The number of aliphatic hydroxyl groups is 13. The van der Waals surface area contributed by atoms with Crippen LogP contribution in [0.15, 0.2) is 23.8 Å². The number of hydrogen-bond acceptors (Lipinski definition) is 23. The molecule has 8 fully saturated rings. The lowest BCUT2D eigenvalue weighted by Crippen LogP contribution is -2.66. The predicted octanol–water partition coefficient (Wildman–Crippen LogP) is -2.43. The van der Waals surface area contributed by atoms with Gasteiger partial charge in [0.25, 0.3) is 0 Å². The molecule has 430 valence electrons. The van der Waals surface area contributed by atoms with Gasteiger partial charge in [0, 0.05) is 24.9 Å². The number of allylic oxidation sites excluding steroid dienone is 1. The van der Waals surface area contributed by atoms with Gasteiger partial charge in [-0.1, -0.05) is 37.6 Å². The van der Waals surface area contributed by atoms with Gasteiger partial charge in [-0.25, -0.2) is 0 Å². The first kappa shape index (κ1) is 58.2. The number of fused-ring (bicyclic) bond motifs is 7. The summed E-state index contributed by atoms with van der Waals surface area (Å²) < 4.78 is 61.6. The van der Waals surface area contributed by atoms with E-state index < -0.39 is 153 Å². The molecule has 5 saturated heterocycles. The van der Waals surface area contributed by atoms with Crippen LogP contribution in [0, 0.1) is 40.4 Å². The Labute approximate surface area is 436 Å². The Hall–Kier alpha value is -1.44. The second-order valence-corrected chi connectivity index (χ2v) is 23.5. The molecule has 4 aliphatic carbocycles. The lowest BCUT2D eigenvalue weighted by atomic mass is 9.46. The molecule has 13 N–H and O–H groups in total. The molecule has 0 aromatic rings. The van der Waals surface area contributed by atoms with Crippen LogP contribution in [0.25, 0.3) is 0 Å². The second-order valence-electron chi connectivity index (χ2n) is 23.5. The van der Waals surface area contributed by atoms with Crippen molar-refractivity contribution in [3.8, 4) is 0 Å². The van der Waals surface area contributed by atoms with E-state index in [9.17, 15) is 66.4 Å². The highest BCUT2D eigenvalue weighted by Crippen LogP contribution is 2.70. The number of aliphatic hydroxyl groups excluding tert-OH is 13. The van der Waals surface area contributed by atoms with Crippen LogP contribution in [0.2, 0.25) is 0 Å². The minimum absolute atomic E-state index is 0.0202. The van der Waals surface area contributed by atoms with Crippen LogP contribution in [0.4, 0.5) is 0 Å². The van der Waals surface area contributed by atoms with E-state index in [4.69, 9.17) is 47.4 Å². The van der Waals surface area contributed by atoms with Crippen molar-refractivity contribution < 1.29 is 114 Å². The summed E-state index contributed by atoms with van der Waals surface area (Å²) in [7, 11) is 1.66. The molecule has 3 saturated carbocycles. The molecule has 0 aromatic heterocycles. The summed E-state index contributed by atoms with van der Waals surface area (Å²) in [6.07, 6.45) is -22.4. The lowest BCUT2D eigenvalue weighted by molar-refractivity contribution is -0.386. The summed E-state index contributed by atoms with van der Waals surface area (Å²) >= 11 is 0. The summed E-state index contributed by atoms with van der Waals surface area (Å²) in [6.45, 7) is 10.4. The van der Waals surface area contributed by atoms with Gasteiger partial charge >= 0.3 is 0 Å². The molecule has 0 spiro atoms. The molecule has 0 radical (unpaired) electrons. The zero-order valence-corrected chi connectivity index (χ0v) is 43.5. The Morgan fingerprint density at radius 3 is 1.89 bits per heavy atom. The van der Waals surface area contributed by atoms with E-state index in [0.29, 0.717) is 37.7 Å². The van der Waals surface area contributed by atoms with Crippen molar-refractivity contribution in [3.63, 3.8) is 0 Å². The first-order valence-corrected chi connectivity index (χ1v) is 27.0. The first-order chi connectivity index (χ1) is 35.5. The van der Waals surface area contributed by atoms with Gasteiger partial charge in [-0.2, -0.15) is 0 Å². The molecule has 9 rings (SSSR count). The average Bonchev–Trinajstić information content (AvgIpc) is 3.88. The molecule has 75 heavy (non-hydrogen) atoms. The quantitative estimate of drug-likeness (QED) is 0.0715. The number of rotatable bonds is 16. The summed E-state index contributed by atoms with van der Waals surface area (Å²) in [6, 6.07) is 0. The maximum atomic E-state index is 12.2. The van der Waals surface area contributed by atoms with Gasteiger partial charge < -0.3 is 114 Å². The summed E-state index contributed by atoms with van der Waals surface area (Å²) in [5.41, 5.74) is 0.978.